The van der Waals surface area contributed by atoms with E-state index in [0.29, 0.717) is 5.56 Å². The molecule has 2 nitrogen and oxygen atoms in total. The van der Waals surface area contributed by atoms with Crippen LogP contribution in [0.1, 0.15) is 43.5 Å². The Morgan fingerprint density at radius 1 is 1.50 bits per heavy atom. The van der Waals surface area contributed by atoms with Crippen molar-refractivity contribution < 1.29 is 9.53 Å². The van der Waals surface area contributed by atoms with Crippen LogP contribution in [0.5, 0.6) is 0 Å². The summed E-state index contributed by atoms with van der Waals surface area (Å²) in [6.07, 6.45) is 7.20. The maximum absolute atomic E-state index is 11.8. The van der Waals surface area contributed by atoms with E-state index in [-0.39, 0.29) is 12.1 Å². The van der Waals surface area contributed by atoms with E-state index in [1.165, 1.54) is 12.8 Å². The largest absolute Gasteiger partial charge is 0.455 e. The Balaban J connectivity index is 2.47. The van der Waals surface area contributed by atoms with E-state index in [1.807, 2.05) is 25.1 Å². The van der Waals surface area contributed by atoms with Gasteiger partial charge in [0.05, 0.1) is 5.56 Å². The van der Waals surface area contributed by atoms with Crippen LogP contribution in [0.2, 0.25) is 0 Å². The van der Waals surface area contributed by atoms with Crippen LogP contribution in [-0.2, 0) is 4.74 Å². The minimum Gasteiger partial charge on any atom is -0.455 e. The summed E-state index contributed by atoms with van der Waals surface area (Å²) in [5.41, 5.74) is 0.568. The van der Waals surface area contributed by atoms with Crippen LogP contribution in [0, 0.1) is 0 Å². The van der Waals surface area contributed by atoms with Crippen molar-refractivity contribution in [2.45, 2.75) is 39.2 Å². The fraction of sp³-hybridized carbons (Fsp3) is 0.400. The predicted octanol–water partition coefficient (Wildman–Crippen LogP) is 4.74. The Bertz CT molecular complexity index is 413. The number of ether oxygens (including phenoxy) is 1. The third-order valence-corrected chi connectivity index (χ3v) is 2.98. The minimum atomic E-state index is -0.288. The van der Waals surface area contributed by atoms with Crippen molar-refractivity contribution in [3.05, 3.63) is 46.5 Å². The van der Waals surface area contributed by atoms with Crippen molar-refractivity contribution in [2.75, 3.05) is 0 Å². The van der Waals surface area contributed by atoms with Gasteiger partial charge in [0.15, 0.2) is 0 Å². The zero-order chi connectivity index (χ0) is 13.4. The number of hydrogen-bond donors (Lipinski definition) is 0. The molecule has 0 bridgehead atoms. The monoisotopic (exact) mass is 310 g/mol. The Kier molecular flexibility index (Phi) is 6.73. The normalized spacial score (nSPS) is 12.6. The molecule has 0 aliphatic rings. The number of carbonyl (C=O) groups excluding carboxylic acids is 1. The topological polar surface area (TPSA) is 26.3 Å². The van der Waals surface area contributed by atoms with E-state index in [4.69, 9.17) is 4.74 Å². The molecule has 0 saturated carbocycles. The molecule has 0 aromatic heterocycles. The van der Waals surface area contributed by atoms with Gasteiger partial charge in [-0.2, -0.15) is 0 Å². The number of halogens is 1. The molecule has 0 heterocycles. The third kappa shape index (κ3) is 5.50. The van der Waals surface area contributed by atoms with Crippen LogP contribution >= 0.6 is 15.9 Å². The lowest BCUT2D eigenvalue weighted by molar-refractivity contribution is 0.0424. The van der Waals surface area contributed by atoms with Gasteiger partial charge < -0.3 is 4.74 Å². The summed E-state index contributed by atoms with van der Waals surface area (Å²) in [6.45, 7) is 4.03. The maximum atomic E-state index is 11.8. The Labute approximate surface area is 117 Å². The third-order valence-electron chi connectivity index (χ3n) is 2.48. The van der Waals surface area contributed by atoms with Crippen LogP contribution < -0.4 is 0 Å². The van der Waals surface area contributed by atoms with Gasteiger partial charge in [0.25, 0.3) is 0 Å². The highest BCUT2D eigenvalue weighted by Crippen LogP contribution is 2.13. The molecule has 0 N–H and O–H groups in total. The zero-order valence-electron chi connectivity index (χ0n) is 10.9. The highest BCUT2D eigenvalue weighted by molar-refractivity contribution is 9.10. The lowest BCUT2D eigenvalue weighted by atomic mass is 10.2. The molecule has 0 fully saturated rings. The van der Waals surface area contributed by atoms with Crippen molar-refractivity contribution in [1.82, 2.24) is 0 Å². The molecule has 18 heavy (non-hydrogen) atoms. The van der Waals surface area contributed by atoms with Crippen LogP contribution in [0.3, 0.4) is 0 Å². The van der Waals surface area contributed by atoms with E-state index >= 15 is 0 Å². The van der Waals surface area contributed by atoms with Crippen molar-refractivity contribution in [2.24, 2.45) is 0 Å². The van der Waals surface area contributed by atoms with E-state index in [2.05, 4.69) is 28.9 Å². The summed E-state index contributed by atoms with van der Waals surface area (Å²) in [5, 5.41) is 0. The summed E-state index contributed by atoms with van der Waals surface area (Å²) in [7, 11) is 0. The zero-order valence-corrected chi connectivity index (χ0v) is 12.4. The SMILES string of the molecule is CCCC/C=C/C(C)OC(=O)c1cccc(Br)c1. The van der Waals surface area contributed by atoms with Crippen LogP contribution in [-0.4, -0.2) is 12.1 Å². The Hall–Kier alpha value is -1.09. The first-order valence-corrected chi connectivity index (χ1v) is 7.06. The average Bonchev–Trinajstić information content (AvgIpc) is 2.34. The quantitative estimate of drug-likeness (QED) is 0.431. The molecule has 1 atom stereocenters. The highest BCUT2D eigenvalue weighted by atomic mass is 79.9. The summed E-state index contributed by atoms with van der Waals surface area (Å²) in [6, 6.07) is 7.21. The van der Waals surface area contributed by atoms with E-state index in [9.17, 15) is 4.79 Å². The molecule has 0 amide bonds. The first-order valence-electron chi connectivity index (χ1n) is 6.26. The van der Waals surface area contributed by atoms with Gasteiger partial charge in [-0.05, 0) is 37.6 Å². The number of carbonyl (C=O) groups is 1. The molecule has 0 radical (unpaired) electrons. The standard InChI is InChI=1S/C15H19BrO2/c1-3-4-5-6-8-12(2)18-15(17)13-9-7-10-14(16)11-13/h6-12H,3-5H2,1-2H3/b8-6+. The molecule has 0 saturated heterocycles. The number of hydrogen-bond acceptors (Lipinski definition) is 2. The average molecular weight is 311 g/mol. The molecule has 1 aromatic rings. The van der Waals surface area contributed by atoms with Crippen molar-refractivity contribution >= 4 is 21.9 Å². The number of benzene rings is 1. The van der Waals surface area contributed by atoms with Gasteiger partial charge >= 0.3 is 5.97 Å². The predicted molar refractivity (Wildman–Crippen MR) is 77.7 cm³/mol. The van der Waals surface area contributed by atoms with Gasteiger partial charge in [-0.1, -0.05) is 47.8 Å². The summed E-state index contributed by atoms with van der Waals surface area (Å²) < 4.78 is 6.20. The molecular weight excluding hydrogens is 292 g/mol. The molecule has 98 valence electrons. The van der Waals surface area contributed by atoms with Crippen molar-refractivity contribution in [3.8, 4) is 0 Å². The lowest BCUT2D eigenvalue weighted by Crippen LogP contribution is -2.12. The molecule has 1 unspecified atom stereocenters. The number of allylic oxidation sites excluding steroid dienone is 1. The number of esters is 1. The van der Waals surface area contributed by atoms with Gasteiger partial charge in [-0.25, -0.2) is 4.79 Å². The fourth-order valence-electron chi connectivity index (χ4n) is 1.50. The molecule has 0 spiro atoms. The van der Waals surface area contributed by atoms with E-state index in [1.54, 1.807) is 12.1 Å². The smallest absolute Gasteiger partial charge is 0.338 e. The molecule has 0 aliphatic heterocycles. The molecule has 1 aromatic carbocycles. The first kappa shape index (κ1) is 15.0. The summed E-state index contributed by atoms with van der Waals surface area (Å²) in [4.78, 5) is 11.8. The minimum absolute atomic E-state index is 0.187. The first-order chi connectivity index (χ1) is 8.63. The Morgan fingerprint density at radius 2 is 2.28 bits per heavy atom. The van der Waals surface area contributed by atoms with Gasteiger partial charge in [0.2, 0.25) is 0 Å². The van der Waals surface area contributed by atoms with E-state index < -0.39 is 0 Å². The fourth-order valence-corrected chi connectivity index (χ4v) is 1.90. The Morgan fingerprint density at radius 3 is 2.94 bits per heavy atom. The molecular formula is C15H19BrO2. The van der Waals surface area contributed by atoms with Crippen molar-refractivity contribution in [3.63, 3.8) is 0 Å². The van der Waals surface area contributed by atoms with Gasteiger partial charge in [-0.15, -0.1) is 0 Å². The van der Waals surface area contributed by atoms with Gasteiger partial charge in [0, 0.05) is 4.47 Å². The second-order valence-electron chi connectivity index (χ2n) is 4.19. The van der Waals surface area contributed by atoms with Crippen LogP contribution in [0.25, 0.3) is 0 Å². The molecule has 1 rings (SSSR count). The highest BCUT2D eigenvalue weighted by Gasteiger charge is 2.09. The van der Waals surface area contributed by atoms with Gasteiger partial charge in [0.1, 0.15) is 6.10 Å². The second kappa shape index (κ2) is 8.09. The molecule has 3 heteroatoms. The lowest BCUT2D eigenvalue weighted by Gasteiger charge is -2.09. The van der Waals surface area contributed by atoms with Gasteiger partial charge in [-0.3, -0.25) is 0 Å². The van der Waals surface area contributed by atoms with E-state index in [0.717, 1.165) is 10.9 Å². The van der Waals surface area contributed by atoms with Crippen LogP contribution in [0.15, 0.2) is 40.9 Å². The number of rotatable bonds is 6. The molecule has 0 aliphatic carbocycles. The van der Waals surface area contributed by atoms with Crippen molar-refractivity contribution in [1.29, 1.82) is 0 Å². The second-order valence-corrected chi connectivity index (χ2v) is 5.11. The summed E-state index contributed by atoms with van der Waals surface area (Å²) in [5.74, 6) is -0.288. The maximum Gasteiger partial charge on any atom is 0.338 e. The summed E-state index contributed by atoms with van der Waals surface area (Å²) >= 11 is 3.33. The van der Waals surface area contributed by atoms with Crippen LogP contribution in [0.4, 0.5) is 0 Å². The number of unbranched alkanes of at least 4 members (excludes halogenated alkanes) is 2.